The minimum atomic E-state index is -0.141. The maximum absolute atomic E-state index is 13.4. The van der Waals surface area contributed by atoms with E-state index in [1.807, 2.05) is 12.1 Å². The molecular weight excluding hydrogens is 245 g/mol. The molecule has 0 radical (unpaired) electrons. The molecule has 1 rings (SSSR count). The third-order valence-corrected chi connectivity index (χ3v) is 4.20. The zero-order chi connectivity index (χ0) is 13.2. The van der Waals surface area contributed by atoms with E-state index in [1.165, 1.54) is 49.9 Å². The Hall–Kier alpha value is -0.540. The Bertz CT molecular complexity index is 330. The van der Waals surface area contributed by atoms with Gasteiger partial charge in [-0.3, -0.25) is 0 Å². The lowest BCUT2D eigenvalue weighted by Gasteiger charge is -2.11. The molecule has 102 valence electrons. The molecule has 1 aromatic carbocycles. The van der Waals surface area contributed by atoms with E-state index in [2.05, 4.69) is 6.92 Å². The van der Waals surface area contributed by atoms with Crippen molar-refractivity contribution in [1.29, 1.82) is 0 Å². The number of unbranched alkanes of at least 4 members (excludes halogenated alkanes) is 4. The molecule has 0 aliphatic rings. The first kappa shape index (κ1) is 15.5. The molecule has 0 saturated carbocycles. The second kappa shape index (κ2) is 9.40. The van der Waals surface area contributed by atoms with Crippen molar-refractivity contribution < 1.29 is 4.39 Å². The Kier molecular flexibility index (Phi) is 8.10. The number of rotatable bonds is 9. The van der Waals surface area contributed by atoms with Crippen LogP contribution in [0.5, 0.6) is 0 Å². The Labute approximate surface area is 114 Å². The quantitative estimate of drug-likeness (QED) is 0.523. The molecule has 0 fully saturated rings. The smallest absolute Gasteiger partial charge is 0.136 e. The Morgan fingerprint density at radius 1 is 1.17 bits per heavy atom. The van der Waals surface area contributed by atoms with E-state index in [4.69, 9.17) is 5.73 Å². The van der Waals surface area contributed by atoms with E-state index in [0.29, 0.717) is 4.90 Å². The highest BCUT2D eigenvalue weighted by atomic mass is 32.2. The maximum atomic E-state index is 13.4. The fourth-order valence-corrected chi connectivity index (χ4v) is 2.79. The molecule has 0 saturated heterocycles. The fraction of sp³-hybridized carbons (Fsp3) is 0.600. The predicted molar refractivity (Wildman–Crippen MR) is 78.5 cm³/mol. The standard InChI is InChI=1S/C15H24FNS/c1-2-3-4-5-6-9-13(17)12-18-15-11-8-7-10-14(15)16/h7-8,10-11,13H,2-6,9,12,17H2,1H3. The van der Waals surface area contributed by atoms with Crippen LogP contribution in [0.4, 0.5) is 4.39 Å². The van der Waals surface area contributed by atoms with Gasteiger partial charge in [0.1, 0.15) is 5.82 Å². The summed E-state index contributed by atoms with van der Waals surface area (Å²) in [5.74, 6) is 0.659. The van der Waals surface area contributed by atoms with Gasteiger partial charge in [-0.1, -0.05) is 51.2 Å². The average molecular weight is 269 g/mol. The lowest BCUT2D eigenvalue weighted by Crippen LogP contribution is -2.22. The molecule has 1 unspecified atom stereocenters. The van der Waals surface area contributed by atoms with Crippen LogP contribution in [0.1, 0.15) is 45.4 Å². The SMILES string of the molecule is CCCCCCCC(N)CSc1ccccc1F. The van der Waals surface area contributed by atoms with Crippen molar-refractivity contribution in [2.45, 2.75) is 56.4 Å². The number of hydrogen-bond donors (Lipinski definition) is 1. The third-order valence-electron chi connectivity index (χ3n) is 2.97. The van der Waals surface area contributed by atoms with Crippen LogP contribution in [0.15, 0.2) is 29.2 Å². The number of thioether (sulfide) groups is 1. The highest BCUT2D eigenvalue weighted by Crippen LogP contribution is 2.22. The lowest BCUT2D eigenvalue weighted by atomic mass is 10.1. The molecule has 2 N–H and O–H groups in total. The third kappa shape index (κ3) is 6.41. The van der Waals surface area contributed by atoms with E-state index >= 15 is 0 Å². The summed E-state index contributed by atoms with van der Waals surface area (Å²) in [5, 5.41) is 0. The molecule has 0 aliphatic carbocycles. The monoisotopic (exact) mass is 269 g/mol. The van der Waals surface area contributed by atoms with Gasteiger partial charge in [0.15, 0.2) is 0 Å². The van der Waals surface area contributed by atoms with E-state index in [-0.39, 0.29) is 11.9 Å². The summed E-state index contributed by atoms with van der Waals surface area (Å²) in [4.78, 5) is 0.707. The van der Waals surface area contributed by atoms with Crippen LogP contribution < -0.4 is 5.73 Å². The van der Waals surface area contributed by atoms with E-state index in [9.17, 15) is 4.39 Å². The largest absolute Gasteiger partial charge is 0.327 e. The van der Waals surface area contributed by atoms with Gasteiger partial charge >= 0.3 is 0 Å². The van der Waals surface area contributed by atoms with Crippen LogP contribution in [0.2, 0.25) is 0 Å². The topological polar surface area (TPSA) is 26.0 Å². The highest BCUT2D eigenvalue weighted by Gasteiger charge is 2.06. The molecule has 0 amide bonds. The Balaban J connectivity index is 2.13. The van der Waals surface area contributed by atoms with Gasteiger partial charge in [-0.2, -0.15) is 0 Å². The second-order valence-corrected chi connectivity index (χ2v) is 5.77. The summed E-state index contributed by atoms with van der Waals surface area (Å²) in [7, 11) is 0. The lowest BCUT2D eigenvalue weighted by molar-refractivity contribution is 0.566. The highest BCUT2D eigenvalue weighted by molar-refractivity contribution is 7.99. The first-order valence-electron chi connectivity index (χ1n) is 6.87. The number of halogens is 1. The predicted octanol–water partition coefficient (Wildman–Crippen LogP) is 4.61. The molecule has 1 nitrogen and oxygen atoms in total. The normalized spacial score (nSPS) is 12.6. The molecule has 0 bridgehead atoms. The van der Waals surface area contributed by atoms with Gasteiger partial charge in [-0.25, -0.2) is 4.39 Å². The van der Waals surface area contributed by atoms with E-state index < -0.39 is 0 Å². The molecule has 1 aromatic rings. The van der Waals surface area contributed by atoms with Gasteiger partial charge in [0, 0.05) is 16.7 Å². The van der Waals surface area contributed by atoms with E-state index in [0.717, 1.165) is 12.2 Å². The second-order valence-electron chi connectivity index (χ2n) is 4.70. The van der Waals surface area contributed by atoms with Gasteiger partial charge in [0.2, 0.25) is 0 Å². The van der Waals surface area contributed by atoms with Crippen molar-refractivity contribution in [3.8, 4) is 0 Å². The van der Waals surface area contributed by atoms with Crippen molar-refractivity contribution in [2.24, 2.45) is 5.73 Å². The number of nitrogens with two attached hydrogens (primary N) is 1. The average Bonchev–Trinajstić information content (AvgIpc) is 2.37. The molecule has 0 heterocycles. The summed E-state index contributed by atoms with van der Waals surface area (Å²) in [6, 6.07) is 7.07. The molecule has 18 heavy (non-hydrogen) atoms. The fourth-order valence-electron chi connectivity index (χ4n) is 1.85. The van der Waals surface area contributed by atoms with Crippen LogP contribution >= 0.6 is 11.8 Å². The van der Waals surface area contributed by atoms with Crippen LogP contribution in [-0.2, 0) is 0 Å². The summed E-state index contributed by atoms with van der Waals surface area (Å²) >= 11 is 1.52. The van der Waals surface area contributed by atoms with Crippen LogP contribution in [0, 0.1) is 5.82 Å². The minimum Gasteiger partial charge on any atom is -0.327 e. The van der Waals surface area contributed by atoms with Crippen molar-refractivity contribution in [3.63, 3.8) is 0 Å². The number of benzene rings is 1. The zero-order valence-corrected chi connectivity index (χ0v) is 12.0. The molecule has 0 aromatic heterocycles. The minimum absolute atomic E-state index is 0.141. The molecular formula is C15H24FNS. The van der Waals surface area contributed by atoms with Gasteiger partial charge < -0.3 is 5.73 Å². The van der Waals surface area contributed by atoms with Crippen molar-refractivity contribution in [2.75, 3.05) is 5.75 Å². The van der Waals surface area contributed by atoms with Crippen molar-refractivity contribution in [3.05, 3.63) is 30.1 Å². The van der Waals surface area contributed by atoms with Gasteiger partial charge in [0.05, 0.1) is 0 Å². The summed E-state index contributed by atoms with van der Waals surface area (Å²) in [5.41, 5.74) is 6.04. The van der Waals surface area contributed by atoms with Gasteiger partial charge in [-0.15, -0.1) is 11.8 Å². The van der Waals surface area contributed by atoms with Crippen molar-refractivity contribution >= 4 is 11.8 Å². The summed E-state index contributed by atoms with van der Waals surface area (Å²) in [6.45, 7) is 2.22. The Morgan fingerprint density at radius 2 is 1.89 bits per heavy atom. The van der Waals surface area contributed by atoms with Crippen molar-refractivity contribution in [1.82, 2.24) is 0 Å². The van der Waals surface area contributed by atoms with Crippen LogP contribution in [0.25, 0.3) is 0 Å². The maximum Gasteiger partial charge on any atom is 0.136 e. The first-order valence-corrected chi connectivity index (χ1v) is 7.85. The first-order chi connectivity index (χ1) is 8.74. The summed E-state index contributed by atoms with van der Waals surface area (Å²) < 4.78 is 13.4. The Morgan fingerprint density at radius 3 is 2.61 bits per heavy atom. The molecule has 3 heteroatoms. The van der Waals surface area contributed by atoms with Gasteiger partial charge in [0.25, 0.3) is 0 Å². The number of hydrogen-bond acceptors (Lipinski definition) is 2. The zero-order valence-electron chi connectivity index (χ0n) is 11.2. The van der Waals surface area contributed by atoms with Crippen LogP contribution in [0.3, 0.4) is 0 Å². The molecule has 1 atom stereocenters. The van der Waals surface area contributed by atoms with Gasteiger partial charge in [-0.05, 0) is 18.6 Å². The summed E-state index contributed by atoms with van der Waals surface area (Å²) in [6.07, 6.45) is 7.41. The van der Waals surface area contributed by atoms with E-state index in [1.54, 1.807) is 6.07 Å². The molecule has 0 spiro atoms. The molecule has 0 aliphatic heterocycles. The van der Waals surface area contributed by atoms with Crippen LogP contribution in [-0.4, -0.2) is 11.8 Å².